The summed E-state index contributed by atoms with van der Waals surface area (Å²) < 4.78 is 8.86. The first kappa shape index (κ1) is 25.4. The molecule has 0 spiro atoms. The molecule has 0 saturated carbocycles. The summed E-state index contributed by atoms with van der Waals surface area (Å²) in [6.07, 6.45) is 4.07. The van der Waals surface area contributed by atoms with E-state index >= 15 is 0 Å². The Morgan fingerprint density at radius 1 is 0.600 bits per heavy atom. The van der Waals surface area contributed by atoms with Crippen molar-refractivity contribution in [3.05, 3.63) is 121 Å². The van der Waals surface area contributed by atoms with Crippen LogP contribution in [-0.2, 0) is 26.5 Å². The van der Waals surface area contributed by atoms with Crippen molar-refractivity contribution < 1.29 is 21.1 Å². The van der Waals surface area contributed by atoms with Crippen LogP contribution in [0.25, 0.3) is 51.7 Å². The van der Waals surface area contributed by atoms with Crippen molar-refractivity contribution in [2.45, 2.75) is 19.3 Å². The molecular formula is C33H22N4PtS2. The van der Waals surface area contributed by atoms with Crippen molar-refractivity contribution >= 4 is 63.0 Å². The number of aromatic nitrogens is 4. The first-order chi connectivity index (χ1) is 19.1. The Labute approximate surface area is 253 Å². The van der Waals surface area contributed by atoms with Crippen LogP contribution in [0.2, 0.25) is 0 Å². The van der Waals surface area contributed by atoms with Crippen LogP contribution in [0, 0.1) is 12.1 Å². The summed E-state index contributed by atoms with van der Waals surface area (Å²) in [7, 11) is 0. The average molecular weight is 734 g/mol. The maximum absolute atomic E-state index is 5.05. The van der Waals surface area contributed by atoms with Gasteiger partial charge in [-0.3, -0.25) is 9.36 Å². The Kier molecular flexibility index (Phi) is 6.04. The zero-order chi connectivity index (χ0) is 26.1. The molecule has 0 saturated heterocycles. The molecule has 0 aliphatic heterocycles. The first-order valence-electron chi connectivity index (χ1n) is 12.8. The molecule has 8 aromatic rings. The van der Waals surface area contributed by atoms with Crippen LogP contribution in [0.1, 0.15) is 25.2 Å². The van der Waals surface area contributed by atoms with E-state index < -0.39 is 5.41 Å². The van der Waals surface area contributed by atoms with Crippen LogP contribution in [0.15, 0.2) is 97.3 Å². The molecule has 0 aliphatic rings. The number of thiophene rings is 2. The van der Waals surface area contributed by atoms with E-state index in [0.717, 1.165) is 22.8 Å². The Hall–Kier alpha value is -3.57. The van der Waals surface area contributed by atoms with Gasteiger partial charge in [0.15, 0.2) is 0 Å². The van der Waals surface area contributed by atoms with Gasteiger partial charge in [-0.1, -0.05) is 36.4 Å². The summed E-state index contributed by atoms with van der Waals surface area (Å²) in [6, 6.07) is 36.4. The van der Waals surface area contributed by atoms with E-state index in [2.05, 4.69) is 98.8 Å². The first-order valence-corrected chi connectivity index (χ1v) is 14.5. The number of fused-ring (bicyclic) bond motifs is 6. The maximum atomic E-state index is 5.05. The minimum absolute atomic E-state index is 0. The number of benzene rings is 4. The average Bonchev–Trinajstić information content (AvgIpc) is 3.76. The maximum Gasteiger partial charge on any atom is 2.00 e. The largest absolute Gasteiger partial charge is 2.00 e. The Balaban J connectivity index is 0.00000264. The molecule has 4 aromatic carbocycles. The van der Waals surface area contributed by atoms with Crippen molar-refractivity contribution in [3.63, 3.8) is 0 Å². The number of nitrogens with zero attached hydrogens (tertiary/aromatic N) is 4. The molecule has 7 heteroatoms. The third-order valence-electron chi connectivity index (χ3n) is 7.56. The fourth-order valence-corrected chi connectivity index (χ4v) is 7.77. The molecule has 0 N–H and O–H groups in total. The summed E-state index contributed by atoms with van der Waals surface area (Å²) in [5, 5.41) is 15.1. The van der Waals surface area contributed by atoms with Gasteiger partial charge in [-0.05, 0) is 69.7 Å². The minimum Gasteiger partial charge on any atom is -0.264 e. The fraction of sp³-hybridized carbons (Fsp3) is 0.0909. The van der Waals surface area contributed by atoms with Gasteiger partial charge in [0.1, 0.15) is 0 Å². The van der Waals surface area contributed by atoms with Crippen LogP contribution in [0.4, 0.5) is 0 Å². The van der Waals surface area contributed by atoms with Gasteiger partial charge in [0, 0.05) is 21.8 Å². The Morgan fingerprint density at radius 3 is 1.52 bits per heavy atom. The monoisotopic (exact) mass is 733 g/mol. The Bertz CT molecular complexity index is 2030. The fourth-order valence-electron chi connectivity index (χ4n) is 5.39. The summed E-state index contributed by atoms with van der Waals surface area (Å²) in [6.45, 7) is 4.36. The SMILES string of the molecule is CC(C)(c1ccn(-c2[c-]ccc3c2sc2ccccc23)n1)c1ccn(-c2[c-]ccc3c2sc2ccccc23)n1.[Pt+2]. The molecule has 0 amide bonds. The summed E-state index contributed by atoms with van der Waals surface area (Å²) in [5.74, 6) is 0. The van der Waals surface area contributed by atoms with Crippen molar-refractivity contribution in [3.8, 4) is 11.4 Å². The third-order valence-corrected chi connectivity index (χ3v) is 9.94. The summed E-state index contributed by atoms with van der Waals surface area (Å²) >= 11 is 3.58. The van der Waals surface area contributed by atoms with E-state index in [1.165, 1.54) is 40.3 Å². The van der Waals surface area contributed by atoms with E-state index in [9.17, 15) is 0 Å². The molecule has 0 fully saturated rings. The normalized spacial score (nSPS) is 12.1. The van der Waals surface area contributed by atoms with Gasteiger partial charge in [0.2, 0.25) is 0 Å². The van der Waals surface area contributed by atoms with Gasteiger partial charge in [0.25, 0.3) is 0 Å². The second-order valence-electron chi connectivity index (χ2n) is 10.3. The predicted octanol–water partition coefficient (Wildman–Crippen LogP) is 8.72. The van der Waals surface area contributed by atoms with Gasteiger partial charge in [0.05, 0.1) is 16.8 Å². The molecule has 0 atom stereocenters. The van der Waals surface area contributed by atoms with Crippen molar-refractivity contribution in [1.29, 1.82) is 0 Å². The Morgan fingerprint density at radius 2 is 1.05 bits per heavy atom. The molecule has 0 aliphatic carbocycles. The molecule has 0 unspecified atom stereocenters. The topological polar surface area (TPSA) is 35.6 Å². The molecule has 8 rings (SSSR count). The summed E-state index contributed by atoms with van der Waals surface area (Å²) in [4.78, 5) is 0. The van der Waals surface area contributed by atoms with Gasteiger partial charge in [-0.2, -0.15) is 46.6 Å². The van der Waals surface area contributed by atoms with E-state index in [1.807, 2.05) is 33.9 Å². The third kappa shape index (κ3) is 3.81. The molecule has 4 nitrogen and oxygen atoms in total. The van der Waals surface area contributed by atoms with Gasteiger partial charge < -0.3 is 0 Å². The molecule has 0 bridgehead atoms. The van der Waals surface area contributed by atoms with E-state index in [4.69, 9.17) is 10.2 Å². The molecule has 4 heterocycles. The smallest absolute Gasteiger partial charge is 0.264 e. The van der Waals surface area contributed by atoms with Crippen LogP contribution in [0.3, 0.4) is 0 Å². The number of hydrogen-bond acceptors (Lipinski definition) is 4. The zero-order valence-electron chi connectivity index (χ0n) is 21.7. The van der Waals surface area contributed by atoms with E-state index in [1.54, 1.807) is 22.7 Å². The molecule has 40 heavy (non-hydrogen) atoms. The molecule has 0 radical (unpaired) electrons. The van der Waals surface area contributed by atoms with Crippen molar-refractivity contribution in [2.24, 2.45) is 0 Å². The minimum atomic E-state index is -0.390. The number of hydrogen-bond donors (Lipinski definition) is 0. The van der Waals surface area contributed by atoms with E-state index in [0.29, 0.717) is 0 Å². The quantitative estimate of drug-likeness (QED) is 0.170. The van der Waals surface area contributed by atoms with Crippen molar-refractivity contribution in [1.82, 2.24) is 19.6 Å². The molecular weight excluding hydrogens is 712 g/mol. The predicted molar refractivity (Wildman–Crippen MR) is 163 cm³/mol. The standard InChI is InChI=1S/C33H22N4S2.Pt/c1-33(2,29-17-19-36(34-29)25-13-7-11-23-21-9-3-5-15-27(21)38-31(23)25)30-18-20-37(35-30)26-14-8-12-24-22-10-4-6-16-28(22)39-32(24)26;/h3-12,15-20H,1-2H3;/q-2;+2. The van der Waals surface area contributed by atoms with E-state index in [-0.39, 0.29) is 21.1 Å². The van der Waals surface area contributed by atoms with Crippen molar-refractivity contribution in [2.75, 3.05) is 0 Å². The van der Waals surface area contributed by atoms with Crippen LogP contribution in [0.5, 0.6) is 0 Å². The van der Waals surface area contributed by atoms with Gasteiger partial charge in [-0.25, -0.2) is 22.7 Å². The molecule has 196 valence electrons. The zero-order valence-corrected chi connectivity index (χ0v) is 25.6. The van der Waals surface area contributed by atoms with Crippen LogP contribution >= 0.6 is 22.7 Å². The van der Waals surface area contributed by atoms with Crippen LogP contribution in [-0.4, -0.2) is 19.6 Å². The summed E-state index contributed by atoms with van der Waals surface area (Å²) in [5.41, 5.74) is 3.49. The molecule has 4 aromatic heterocycles. The van der Waals surface area contributed by atoms with Gasteiger partial charge in [-0.15, -0.1) is 10.8 Å². The second-order valence-corrected chi connectivity index (χ2v) is 12.4. The second kappa shape index (κ2) is 9.52. The van der Waals surface area contributed by atoms with Crippen LogP contribution < -0.4 is 0 Å². The number of rotatable bonds is 4. The van der Waals surface area contributed by atoms with Gasteiger partial charge >= 0.3 is 21.1 Å².